The maximum atomic E-state index is 12.0. The van der Waals surface area contributed by atoms with Crippen molar-refractivity contribution in [3.63, 3.8) is 0 Å². The summed E-state index contributed by atoms with van der Waals surface area (Å²) in [5, 5.41) is 4.79. The molecule has 0 atom stereocenters. The van der Waals surface area contributed by atoms with Crippen molar-refractivity contribution in [3.05, 3.63) is 82.8 Å². The van der Waals surface area contributed by atoms with Crippen molar-refractivity contribution in [3.8, 4) is 17.4 Å². The summed E-state index contributed by atoms with van der Waals surface area (Å²) in [5.74, 6) is 2.96. The molecule has 0 spiro atoms. The van der Waals surface area contributed by atoms with Gasteiger partial charge in [-0.3, -0.25) is 9.36 Å². The standard InChI is InChI=1S/C22H19N5O2S/c1-15-24-20(27-12-11-23-16(27)2)14-22(25-15)29-18-7-5-17(6-8-18)26-21(28)10-9-19-4-3-13-30-19/h3-14H,1-2H3,(H,26,28)/b10-9+. The third kappa shape index (κ3) is 4.79. The minimum absolute atomic E-state index is 0.191. The fraction of sp³-hybridized carbons (Fsp3) is 0.0909. The number of aryl methyl sites for hydroxylation is 2. The molecule has 8 heteroatoms. The van der Waals surface area contributed by atoms with Crippen molar-refractivity contribution in [2.24, 2.45) is 0 Å². The summed E-state index contributed by atoms with van der Waals surface area (Å²) in [7, 11) is 0. The number of thiophene rings is 1. The summed E-state index contributed by atoms with van der Waals surface area (Å²) in [6.07, 6.45) is 6.86. The molecule has 0 bridgehead atoms. The van der Waals surface area contributed by atoms with E-state index >= 15 is 0 Å². The number of nitrogens with one attached hydrogen (secondary N) is 1. The second kappa shape index (κ2) is 8.71. The number of amides is 1. The molecule has 0 aliphatic carbocycles. The lowest BCUT2D eigenvalue weighted by molar-refractivity contribution is -0.111. The molecule has 3 heterocycles. The number of imidazole rings is 1. The molecule has 4 aromatic rings. The van der Waals surface area contributed by atoms with Crippen LogP contribution < -0.4 is 10.1 Å². The predicted molar refractivity (Wildman–Crippen MR) is 117 cm³/mol. The number of nitrogens with zero attached hydrogens (tertiary/aromatic N) is 4. The molecule has 3 aromatic heterocycles. The van der Waals surface area contributed by atoms with E-state index < -0.39 is 0 Å². The van der Waals surface area contributed by atoms with Gasteiger partial charge in [0.2, 0.25) is 11.8 Å². The fourth-order valence-electron chi connectivity index (χ4n) is 2.78. The lowest BCUT2D eigenvalue weighted by Crippen LogP contribution is -2.07. The van der Waals surface area contributed by atoms with Gasteiger partial charge in [-0.2, -0.15) is 4.98 Å². The number of carbonyl (C=O) groups excluding carboxylic acids is 1. The third-order valence-electron chi connectivity index (χ3n) is 4.16. The third-order valence-corrected chi connectivity index (χ3v) is 5.00. The van der Waals surface area contributed by atoms with Crippen molar-refractivity contribution in [1.29, 1.82) is 0 Å². The van der Waals surface area contributed by atoms with Crippen LogP contribution in [0.1, 0.15) is 16.5 Å². The van der Waals surface area contributed by atoms with Crippen molar-refractivity contribution >= 4 is 29.0 Å². The molecule has 1 N–H and O–H groups in total. The van der Waals surface area contributed by atoms with Gasteiger partial charge in [0.1, 0.15) is 23.2 Å². The molecular weight excluding hydrogens is 398 g/mol. The van der Waals surface area contributed by atoms with E-state index in [1.165, 1.54) is 6.08 Å². The lowest BCUT2D eigenvalue weighted by Gasteiger charge is -2.10. The van der Waals surface area contributed by atoms with Crippen molar-refractivity contribution in [2.75, 3.05) is 5.32 Å². The first-order valence-electron chi connectivity index (χ1n) is 9.23. The average molecular weight is 417 g/mol. The summed E-state index contributed by atoms with van der Waals surface area (Å²) in [4.78, 5) is 26.1. The Morgan fingerprint density at radius 3 is 2.70 bits per heavy atom. The number of anilines is 1. The Balaban J connectivity index is 1.43. The van der Waals surface area contributed by atoms with Gasteiger partial charge in [0.25, 0.3) is 0 Å². The monoisotopic (exact) mass is 417 g/mol. The Bertz CT molecular complexity index is 1180. The smallest absolute Gasteiger partial charge is 0.248 e. The zero-order valence-electron chi connectivity index (χ0n) is 16.4. The van der Waals surface area contributed by atoms with Gasteiger partial charge >= 0.3 is 0 Å². The summed E-state index contributed by atoms with van der Waals surface area (Å²) < 4.78 is 7.75. The Morgan fingerprint density at radius 1 is 1.17 bits per heavy atom. The molecule has 0 saturated heterocycles. The van der Waals surface area contributed by atoms with Gasteiger partial charge in [0.15, 0.2) is 0 Å². The molecule has 150 valence electrons. The van der Waals surface area contributed by atoms with Gasteiger partial charge in [-0.25, -0.2) is 9.97 Å². The van der Waals surface area contributed by atoms with Crippen LogP contribution in [0.25, 0.3) is 11.9 Å². The van der Waals surface area contributed by atoms with E-state index in [-0.39, 0.29) is 5.91 Å². The minimum atomic E-state index is -0.191. The van der Waals surface area contributed by atoms with Crippen LogP contribution in [0, 0.1) is 13.8 Å². The topological polar surface area (TPSA) is 81.9 Å². The summed E-state index contributed by atoms with van der Waals surface area (Å²) in [6.45, 7) is 3.71. The van der Waals surface area contributed by atoms with E-state index in [2.05, 4.69) is 20.3 Å². The summed E-state index contributed by atoms with van der Waals surface area (Å²) in [6, 6.07) is 12.8. The summed E-state index contributed by atoms with van der Waals surface area (Å²) >= 11 is 1.58. The van der Waals surface area contributed by atoms with Gasteiger partial charge in [-0.05, 0) is 55.6 Å². The number of carbonyl (C=O) groups is 1. The van der Waals surface area contributed by atoms with E-state index in [0.717, 1.165) is 10.7 Å². The molecule has 4 rings (SSSR count). The molecule has 30 heavy (non-hydrogen) atoms. The lowest BCUT2D eigenvalue weighted by atomic mass is 10.3. The van der Waals surface area contributed by atoms with Crippen LogP contribution in [0.2, 0.25) is 0 Å². The van der Waals surface area contributed by atoms with Crippen LogP contribution in [-0.2, 0) is 4.79 Å². The molecule has 0 aliphatic heterocycles. The van der Waals surface area contributed by atoms with Crippen LogP contribution in [-0.4, -0.2) is 25.4 Å². The molecule has 0 saturated carbocycles. The maximum absolute atomic E-state index is 12.0. The zero-order valence-corrected chi connectivity index (χ0v) is 17.3. The van der Waals surface area contributed by atoms with E-state index in [0.29, 0.717) is 29.0 Å². The van der Waals surface area contributed by atoms with Gasteiger partial charge in [0.05, 0.1) is 0 Å². The molecule has 1 amide bonds. The van der Waals surface area contributed by atoms with Crippen LogP contribution in [0.3, 0.4) is 0 Å². The Hall–Kier alpha value is -3.78. The molecule has 0 fully saturated rings. The highest BCUT2D eigenvalue weighted by molar-refractivity contribution is 7.10. The molecule has 7 nitrogen and oxygen atoms in total. The van der Waals surface area contributed by atoms with Gasteiger partial charge in [-0.1, -0.05) is 6.07 Å². The second-order valence-corrected chi connectivity index (χ2v) is 7.40. The Kier molecular flexibility index (Phi) is 5.67. The molecular formula is C22H19N5O2S. The Morgan fingerprint density at radius 2 is 2.00 bits per heavy atom. The van der Waals surface area contributed by atoms with Crippen molar-refractivity contribution < 1.29 is 9.53 Å². The largest absolute Gasteiger partial charge is 0.439 e. The number of ether oxygens (including phenoxy) is 1. The van der Waals surface area contributed by atoms with Gasteiger partial charge < -0.3 is 10.1 Å². The first kappa shape index (κ1) is 19.5. The number of aromatic nitrogens is 4. The normalized spacial score (nSPS) is 11.0. The molecule has 0 unspecified atom stereocenters. The maximum Gasteiger partial charge on any atom is 0.248 e. The molecule has 0 radical (unpaired) electrons. The summed E-state index contributed by atoms with van der Waals surface area (Å²) in [5.41, 5.74) is 0.678. The Labute approximate surface area is 177 Å². The van der Waals surface area contributed by atoms with Crippen LogP contribution in [0.15, 0.2) is 66.3 Å². The molecule has 1 aromatic carbocycles. The fourth-order valence-corrected chi connectivity index (χ4v) is 3.39. The van der Waals surface area contributed by atoms with E-state index in [1.807, 2.05) is 42.1 Å². The van der Waals surface area contributed by atoms with Crippen LogP contribution in [0.5, 0.6) is 11.6 Å². The SMILES string of the molecule is Cc1nc(Oc2ccc(NC(=O)/C=C/c3cccs3)cc2)cc(-n2ccnc2C)n1. The zero-order chi connectivity index (χ0) is 20.9. The van der Waals surface area contributed by atoms with Gasteiger partial charge in [0, 0.05) is 35.1 Å². The van der Waals surface area contributed by atoms with Gasteiger partial charge in [-0.15, -0.1) is 11.3 Å². The van der Waals surface area contributed by atoms with Crippen LogP contribution in [0.4, 0.5) is 5.69 Å². The van der Waals surface area contributed by atoms with E-state index in [4.69, 9.17) is 4.74 Å². The van der Waals surface area contributed by atoms with Crippen LogP contribution >= 0.6 is 11.3 Å². The second-order valence-electron chi connectivity index (χ2n) is 6.42. The van der Waals surface area contributed by atoms with E-state index in [1.54, 1.807) is 53.9 Å². The highest BCUT2D eigenvalue weighted by Gasteiger charge is 2.08. The molecule has 0 aliphatic rings. The number of hydrogen-bond acceptors (Lipinski definition) is 6. The number of benzene rings is 1. The van der Waals surface area contributed by atoms with Crippen molar-refractivity contribution in [2.45, 2.75) is 13.8 Å². The quantitative estimate of drug-likeness (QED) is 0.456. The average Bonchev–Trinajstić information content (AvgIpc) is 3.39. The number of hydrogen-bond donors (Lipinski definition) is 1. The first-order chi connectivity index (χ1) is 14.6. The minimum Gasteiger partial charge on any atom is -0.439 e. The highest BCUT2D eigenvalue weighted by atomic mass is 32.1. The predicted octanol–water partition coefficient (Wildman–Crippen LogP) is 4.78. The highest BCUT2D eigenvalue weighted by Crippen LogP contribution is 2.23. The number of rotatable bonds is 6. The first-order valence-corrected chi connectivity index (χ1v) is 10.1. The van der Waals surface area contributed by atoms with E-state index in [9.17, 15) is 4.79 Å². The van der Waals surface area contributed by atoms with Crippen molar-refractivity contribution in [1.82, 2.24) is 19.5 Å².